The van der Waals surface area contributed by atoms with Gasteiger partial charge in [0.15, 0.2) is 5.96 Å². The Morgan fingerprint density at radius 3 is 2.60 bits per heavy atom. The van der Waals surface area contributed by atoms with Crippen molar-refractivity contribution in [2.75, 3.05) is 26.9 Å². The van der Waals surface area contributed by atoms with Gasteiger partial charge >= 0.3 is 0 Å². The topological polar surface area (TPSA) is 68.9 Å². The van der Waals surface area contributed by atoms with Gasteiger partial charge in [-0.25, -0.2) is 0 Å². The van der Waals surface area contributed by atoms with E-state index in [2.05, 4.69) is 10.3 Å². The molecule has 0 aromatic heterocycles. The fourth-order valence-corrected chi connectivity index (χ4v) is 1.04. The predicted molar refractivity (Wildman–Crippen MR) is 62.1 cm³/mol. The molecular formula is C10H23N3O2. The van der Waals surface area contributed by atoms with Crippen molar-refractivity contribution in [3.8, 4) is 0 Å². The predicted octanol–water partition coefficient (Wildman–Crippen LogP) is 0.351. The summed E-state index contributed by atoms with van der Waals surface area (Å²) in [5, 5.41) is 3.02. The molecule has 1 unspecified atom stereocenters. The third-order valence-corrected chi connectivity index (χ3v) is 1.64. The molecule has 0 bridgehead atoms. The number of ether oxygens (including phenoxy) is 2. The van der Waals surface area contributed by atoms with Gasteiger partial charge in [0.05, 0.1) is 25.9 Å². The number of nitrogens with one attached hydrogen (secondary N) is 1. The average molecular weight is 217 g/mol. The van der Waals surface area contributed by atoms with E-state index in [1.807, 2.05) is 20.8 Å². The number of aliphatic imine (C=N–C) groups is 1. The molecule has 90 valence electrons. The summed E-state index contributed by atoms with van der Waals surface area (Å²) in [6.45, 7) is 7.75. The summed E-state index contributed by atoms with van der Waals surface area (Å²) in [5.74, 6) is 0.437. The molecule has 0 aromatic carbocycles. The largest absolute Gasteiger partial charge is 0.383 e. The van der Waals surface area contributed by atoms with E-state index in [0.29, 0.717) is 25.7 Å². The van der Waals surface area contributed by atoms with Crippen molar-refractivity contribution in [1.82, 2.24) is 5.32 Å². The van der Waals surface area contributed by atoms with Crippen LogP contribution in [-0.4, -0.2) is 45.0 Å². The fraction of sp³-hybridized carbons (Fsp3) is 0.900. The standard InChI is InChI=1S/C10H23N3O2/c1-8(2)15-6-5-12-10(11)13-9(3)7-14-4/h8-9H,5-7H2,1-4H3,(H3,11,12,13). The van der Waals surface area contributed by atoms with E-state index in [0.717, 1.165) is 0 Å². The van der Waals surface area contributed by atoms with Gasteiger partial charge in [-0.1, -0.05) is 0 Å². The first-order valence-corrected chi connectivity index (χ1v) is 5.23. The van der Waals surface area contributed by atoms with Gasteiger partial charge in [0.1, 0.15) is 0 Å². The Morgan fingerprint density at radius 2 is 2.07 bits per heavy atom. The van der Waals surface area contributed by atoms with E-state index in [1.165, 1.54) is 0 Å². The van der Waals surface area contributed by atoms with Gasteiger partial charge < -0.3 is 20.5 Å². The molecule has 0 spiro atoms. The maximum absolute atomic E-state index is 5.65. The van der Waals surface area contributed by atoms with Gasteiger partial charge in [-0.15, -0.1) is 0 Å². The van der Waals surface area contributed by atoms with Crippen LogP contribution in [0.25, 0.3) is 0 Å². The zero-order valence-electron chi connectivity index (χ0n) is 10.1. The van der Waals surface area contributed by atoms with Crippen molar-refractivity contribution in [3.05, 3.63) is 0 Å². The number of hydrogen-bond donors (Lipinski definition) is 2. The molecule has 0 fully saturated rings. The van der Waals surface area contributed by atoms with Crippen molar-refractivity contribution < 1.29 is 9.47 Å². The summed E-state index contributed by atoms with van der Waals surface area (Å²) in [7, 11) is 1.65. The first-order chi connectivity index (χ1) is 7.06. The van der Waals surface area contributed by atoms with Crippen LogP contribution in [0.4, 0.5) is 0 Å². The summed E-state index contributed by atoms with van der Waals surface area (Å²) in [6, 6.07) is 0.171. The maximum Gasteiger partial charge on any atom is 0.188 e. The van der Waals surface area contributed by atoms with E-state index in [9.17, 15) is 0 Å². The van der Waals surface area contributed by atoms with Crippen LogP contribution >= 0.6 is 0 Å². The van der Waals surface area contributed by atoms with Crippen LogP contribution in [0.2, 0.25) is 0 Å². The van der Waals surface area contributed by atoms with Crippen LogP contribution in [0.1, 0.15) is 20.8 Å². The Morgan fingerprint density at radius 1 is 1.40 bits per heavy atom. The Kier molecular flexibility index (Phi) is 8.04. The van der Waals surface area contributed by atoms with Gasteiger partial charge in [-0.3, -0.25) is 4.99 Å². The molecule has 0 heterocycles. The van der Waals surface area contributed by atoms with Crippen LogP contribution in [0, 0.1) is 0 Å². The highest BCUT2D eigenvalue weighted by atomic mass is 16.5. The second-order valence-electron chi connectivity index (χ2n) is 3.69. The Bertz CT molecular complexity index is 184. The summed E-state index contributed by atoms with van der Waals surface area (Å²) in [5.41, 5.74) is 5.65. The van der Waals surface area contributed by atoms with Crippen LogP contribution in [-0.2, 0) is 9.47 Å². The Balaban J connectivity index is 3.60. The number of methoxy groups -OCH3 is 1. The molecule has 0 saturated heterocycles. The molecule has 0 saturated carbocycles. The minimum absolute atomic E-state index is 0.171. The van der Waals surface area contributed by atoms with Gasteiger partial charge in [-0.2, -0.15) is 0 Å². The minimum Gasteiger partial charge on any atom is -0.383 e. The van der Waals surface area contributed by atoms with Crippen molar-refractivity contribution in [3.63, 3.8) is 0 Å². The molecule has 0 radical (unpaired) electrons. The summed E-state index contributed by atoms with van der Waals surface area (Å²) < 4.78 is 10.3. The average Bonchev–Trinajstić information content (AvgIpc) is 2.12. The van der Waals surface area contributed by atoms with Crippen molar-refractivity contribution >= 4 is 5.96 Å². The van der Waals surface area contributed by atoms with E-state index < -0.39 is 0 Å². The van der Waals surface area contributed by atoms with Crippen LogP contribution < -0.4 is 11.1 Å². The first-order valence-electron chi connectivity index (χ1n) is 5.23. The van der Waals surface area contributed by atoms with Crippen LogP contribution in [0.3, 0.4) is 0 Å². The number of hydrogen-bond acceptors (Lipinski definition) is 3. The third-order valence-electron chi connectivity index (χ3n) is 1.64. The normalized spacial score (nSPS) is 14.3. The van der Waals surface area contributed by atoms with E-state index in [-0.39, 0.29) is 12.1 Å². The second-order valence-corrected chi connectivity index (χ2v) is 3.69. The lowest BCUT2D eigenvalue weighted by atomic mass is 10.4. The molecule has 5 heteroatoms. The molecule has 5 nitrogen and oxygen atoms in total. The highest BCUT2D eigenvalue weighted by Crippen LogP contribution is 1.87. The molecule has 0 amide bonds. The second kappa shape index (κ2) is 8.49. The third kappa shape index (κ3) is 9.49. The fourth-order valence-electron chi connectivity index (χ4n) is 1.04. The van der Waals surface area contributed by atoms with Crippen LogP contribution in [0.15, 0.2) is 4.99 Å². The summed E-state index contributed by atoms with van der Waals surface area (Å²) in [4.78, 5) is 4.12. The van der Waals surface area contributed by atoms with Gasteiger partial charge in [0.25, 0.3) is 0 Å². The summed E-state index contributed by atoms with van der Waals surface area (Å²) >= 11 is 0. The SMILES string of the molecule is COCC(C)NC(N)=NCCOC(C)C. The lowest BCUT2D eigenvalue weighted by molar-refractivity contribution is 0.0853. The van der Waals surface area contributed by atoms with Crippen LogP contribution in [0.5, 0.6) is 0 Å². The Labute approximate surface area is 92.0 Å². The molecule has 1 atom stereocenters. The van der Waals surface area contributed by atoms with Gasteiger partial charge in [-0.05, 0) is 20.8 Å². The molecule has 0 aromatic rings. The molecule has 3 N–H and O–H groups in total. The van der Waals surface area contributed by atoms with Crippen molar-refractivity contribution in [1.29, 1.82) is 0 Å². The van der Waals surface area contributed by atoms with E-state index in [1.54, 1.807) is 7.11 Å². The molecule has 0 aliphatic rings. The molecular weight excluding hydrogens is 194 g/mol. The maximum atomic E-state index is 5.65. The molecule has 0 rings (SSSR count). The van der Waals surface area contributed by atoms with Gasteiger partial charge in [0.2, 0.25) is 0 Å². The quantitative estimate of drug-likeness (QED) is 0.367. The minimum atomic E-state index is 0.171. The molecule has 0 aliphatic carbocycles. The Hall–Kier alpha value is -0.810. The lowest BCUT2D eigenvalue weighted by Crippen LogP contribution is -2.40. The highest BCUT2D eigenvalue weighted by Gasteiger charge is 2.00. The van der Waals surface area contributed by atoms with E-state index in [4.69, 9.17) is 15.2 Å². The first kappa shape index (κ1) is 14.2. The van der Waals surface area contributed by atoms with E-state index >= 15 is 0 Å². The van der Waals surface area contributed by atoms with Gasteiger partial charge in [0, 0.05) is 13.2 Å². The lowest BCUT2D eigenvalue weighted by Gasteiger charge is -2.13. The molecule has 0 aliphatic heterocycles. The monoisotopic (exact) mass is 217 g/mol. The number of nitrogens with zero attached hydrogens (tertiary/aromatic N) is 1. The number of guanidine groups is 1. The molecule has 15 heavy (non-hydrogen) atoms. The number of rotatable bonds is 7. The highest BCUT2D eigenvalue weighted by molar-refractivity contribution is 5.78. The number of nitrogens with two attached hydrogens (primary N) is 1. The van der Waals surface area contributed by atoms with Crippen molar-refractivity contribution in [2.24, 2.45) is 10.7 Å². The zero-order chi connectivity index (χ0) is 11.7. The zero-order valence-corrected chi connectivity index (χ0v) is 10.1. The van der Waals surface area contributed by atoms with Crippen molar-refractivity contribution in [2.45, 2.75) is 32.9 Å². The summed E-state index contributed by atoms with van der Waals surface area (Å²) in [6.07, 6.45) is 0.238. The smallest absolute Gasteiger partial charge is 0.188 e.